The Kier molecular flexibility index (Phi) is 2.80. The molecule has 0 aliphatic carbocycles. The molecule has 0 amide bonds. The highest BCUT2D eigenvalue weighted by molar-refractivity contribution is 6.30. The number of halogens is 5. The second-order valence-electron chi connectivity index (χ2n) is 2.31. The van der Waals surface area contributed by atoms with E-state index in [1.165, 1.54) is 7.05 Å². The molecule has 0 saturated carbocycles. The molecule has 0 spiro atoms. The molecule has 0 N–H and O–H groups in total. The summed E-state index contributed by atoms with van der Waals surface area (Å²) < 4.78 is 49.4. The van der Waals surface area contributed by atoms with Crippen molar-refractivity contribution >= 4 is 11.6 Å². The van der Waals surface area contributed by atoms with Crippen LogP contribution in [-0.2, 0) is 7.05 Å². The molecule has 1 aromatic rings. The van der Waals surface area contributed by atoms with E-state index in [4.69, 9.17) is 11.6 Å². The van der Waals surface area contributed by atoms with Crippen molar-refractivity contribution in [2.24, 2.45) is 7.05 Å². The van der Waals surface area contributed by atoms with Crippen LogP contribution in [0.3, 0.4) is 0 Å². The molecule has 0 radical (unpaired) electrons. The first-order valence-corrected chi connectivity index (χ1v) is 3.61. The predicted octanol–water partition coefficient (Wildman–Crippen LogP) is 2.95. The first kappa shape index (κ1) is 10.3. The summed E-state index contributed by atoms with van der Waals surface area (Å²) in [7, 11) is 1.22. The van der Waals surface area contributed by atoms with Crippen LogP contribution in [0.4, 0.5) is 17.6 Å². The lowest BCUT2D eigenvalue weighted by molar-refractivity contribution is 0.121. The van der Waals surface area contributed by atoms with Crippen molar-refractivity contribution in [3.05, 3.63) is 16.4 Å². The number of hydrogen-bond acceptors (Lipinski definition) is 1. The third-order valence-electron chi connectivity index (χ3n) is 1.46. The van der Waals surface area contributed by atoms with Crippen LogP contribution in [0.2, 0.25) is 5.15 Å². The fourth-order valence-electron chi connectivity index (χ4n) is 0.902. The normalized spacial score (nSPS) is 11.7. The van der Waals surface area contributed by atoms with Crippen LogP contribution in [0.1, 0.15) is 24.1 Å². The second-order valence-corrected chi connectivity index (χ2v) is 2.67. The van der Waals surface area contributed by atoms with Gasteiger partial charge in [0.1, 0.15) is 10.8 Å². The van der Waals surface area contributed by atoms with Gasteiger partial charge in [-0.1, -0.05) is 11.6 Å². The maximum atomic E-state index is 12.2. The molecule has 0 atom stereocenters. The van der Waals surface area contributed by atoms with E-state index in [2.05, 4.69) is 5.10 Å². The average molecular weight is 217 g/mol. The van der Waals surface area contributed by atoms with Crippen LogP contribution in [0.5, 0.6) is 0 Å². The molecule has 1 rings (SSSR count). The lowest BCUT2D eigenvalue weighted by Crippen LogP contribution is -1.93. The van der Waals surface area contributed by atoms with Gasteiger partial charge in [0.05, 0.1) is 5.56 Å². The monoisotopic (exact) mass is 216 g/mol. The number of aromatic nitrogens is 2. The van der Waals surface area contributed by atoms with Gasteiger partial charge < -0.3 is 0 Å². The van der Waals surface area contributed by atoms with Gasteiger partial charge in [0.25, 0.3) is 12.9 Å². The van der Waals surface area contributed by atoms with Crippen molar-refractivity contribution in [2.45, 2.75) is 12.9 Å². The van der Waals surface area contributed by atoms with E-state index in [0.29, 0.717) is 0 Å². The van der Waals surface area contributed by atoms with Crippen LogP contribution >= 0.6 is 11.6 Å². The maximum Gasteiger partial charge on any atom is 0.282 e. The van der Waals surface area contributed by atoms with Gasteiger partial charge in [0.2, 0.25) is 0 Å². The largest absolute Gasteiger partial charge is 0.282 e. The van der Waals surface area contributed by atoms with E-state index in [1.807, 2.05) is 0 Å². The minimum absolute atomic E-state index is 0.453. The van der Waals surface area contributed by atoms with Crippen molar-refractivity contribution in [2.75, 3.05) is 0 Å². The lowest BCUT2D eigenvalue weighted by Gasteiger charge is -1.99. The number of alkyl halides is 4. The molecule has 0 bridgehead atoms. The molecule has 74 valence electrons. The van der Waals surface area contributed by atoms with Gasteiger partial charge in [0.15, 0.2) is 0 Å². The fraction of sp³-hybridized carbons (Fsp3) is 0.500. The summed E-state index contributed by atoms with van der Waals surface area (Å²) in [6.07, 6.45) is -6.08. The molecule has 0 aliphatic heterocycles. The fourth-order valence-corrected chi connectivity index (χ4v) is 1.12. The Balaban J connectivity index is 3.27. The van der Waals surface area contributed by atoms with Gasteiger partial charge in [-0.05, 0) is 0 Å². The summed E-state index contributed by atoms with van der Waals surface area (Å²) in [6.45, 7) is 0. The van der Waals surface area contributed by atoms with E-state index in [1.54, 1.807) is 0 Å². The summed E-state index contributed by atoms with van der Waals surface area (Å²) in [5, 5.41) is 2.73. The Morgan fingerprint density at radius 1 is 1.23 bits per heavy atom. The molecule has 1 aromatic heterocycles. The van der Waals surface area contributed by atoms with E-state index >= 15 is 0 Å². The first-order valence-electron chi connectivity index (χ1n) is 3.23. The van der Waals surface area contributed by atoms with Crippen molar-refractivity contribution < 1.29 is 17.6 Å². The smallest absolute Gasteiger partial charge is 0.256 e. The van der Waals surface area contributed by atoms with E-state index in [-0.39, 0.29) is 0 Å². The van der Waals surface area contributed by atoms with Gasteiger partial charge in [-0.3, -0.25) is 4.68 Å². The van der Waals surface area contributed by atoms with Crippen LogP contribution in [0, 0.1) is 0 Å². The molecule has 0 aromatic carbocycles. The number of rotatable bonds is 2. The first-order chi connectivity index (χ1) is 5.95. The van der Waals surface area contributed by atoms with Crippen LogP contribution in [0.25, 0.3) is 0 Å². The quantitative estimate of drug-likeness (QED) is 0.695. The number of nitrogens with zero attached hydrogens (tertiary/aromatic N) is 2. The van der Waals surface area contributed by atoms with Gasteiger partial charge in [0, 0.05) is 7.05 Å². The Hall–Kier alpha value is -0.780. The molecular formula is C6H5ClF4N2. The lowest BCUT2D eigenvalue weighted by atomic mass is 10.2. The molecule has 1 heterocycles. The van der Waals surface area contributed by atoms with E-state index < -0.39 is 29.3 Å². The van der Waals surface area contributed by atoms with Gasteiger partial charge in [-0.15, -0.1) is 0 Å². The number of hydrogen-bond donors (Lipinski definition) is 0. The van der Waals surface area contributed by atoms with E-state index in [9.17, 15) is 17.6 Å². The van der Waals surface area contributed by atoms with Crippen LogP contribution in [-0.4, -0.2) is 9.78 Å². The molecule has 7 heteroatoms. The molecular weight excluding hydrogens is 212 g/mol. The minimum Gasteiger partial charge on any atom is -0.256 e. The third-order valence-corrected chi connectivity index (χ3v) is 1.91. The highest BCUT2D eigenvalue weighted by Crippen LogP contribution is 2.34. The zero-order valence-corrected chi connectivity index (χ0v) is 7.19. The molecule has 0 aliphatic rings. The van der Waals surface area contributed by atoms with Gasteiger partial charge in [-0.25, -0.2) is 17.6 Å². The molecule has 13 heavy (non-hydrogen) atoms. The summed E-state index contributed by atoms with van der Waals surface area (Å²) >= 11 is 5.34. The number of aryl methyl sites for hydroxylation is 1. The van der Waals surface area contributed by atoms with E-state index in [0.717, 1.165) is 4.68 Å². The zero-order valence-electron chi connectivity index (χ0n) is 6.44. The Morgan fingerprint density at radius 2 is 1.77 bits per heavy atom. The summed E-state index contributed by atoms with van der Waals surface area (Å²) in [5.74, 6) is 0. The molecule has 0 saturated heterocycles. The summed E-state index contributed by atoms with van der Waals surface area (Å²) in [4.78, 5) is 0. The van der Waals surface area contributed by atoms with Crippen molar-refractivity contribution in [3.8, 4) is 0 Å². The van der Waals surface area contributed by atoms with Crippen molar-refractivity contribution in [1.29, 1.82) is 0 Å². The predicted molar refractivity (Wildman–Crippen MR) is 38.1 cm³/mol. The SMILES string of the molecule is Cn1nc(C(F)F)c(C(F)F)c1Cl. The van der Waals surface area contributed by atoms with Crippen LogP contribution in [0.15, 0.2) is 0 Å². The summed E-state index contributed by atoms with van der Waals surface area (Å²) in [5.41, 5.74) is -1.85. The van der Waals surface area contributed by atoms with Crippen molar-refractivity contribution in [1.82, 2.24) is 9.78 Å². The maximum absolute atomic E-state index is 12.2. The Bertz CT molecular complexity index is 310. The van der Waals surface area contributed by atoms with Gasteiger partial charge >= 0.3 is 0 Å². The summed E-state index contributed by atoms with van der Waals surface area (Å²) in [6, 6.07) is 0. The standard InChI is InChI=1S/C6H5ClF4N2/c1-13-4(7)2(5(8)9)3(12-13)6(10)11/h5-6H,1H3. The third kappa shape index (κ3) is 1.77. The minimum atomic E-state index is -3.04. The van der Waals surface area contributed by atoms with Crippen molar-refractivity contribution in [3.63, 3.8) is 0 Å². The Morgan fingerprint density at radius 3 is 2.08 bits per heavy atom. The molecule has 2 nitrogen and oxygen atoms in total. The highest BCUT2D eigenvalue weighted by atomic mass is 35.5. The second kappa shape index (κ2) is 3.53. The Labute approximate surface area is 76.1 Å². The van der Waals surface area contributed by atoms with Crippen LogP contribution < -0.4 is 0 Å². The molecule has 0 fully saturated rings. The molecule has 0 unspecified atom stereocenters. The highest BCUT2D eigenvalue weighted by Gasteiger charge is 2.27. The van der Waals surface area contributed by atoms with Gasteiger partial charge in [-0.2, -0.15) is 5.10 Å². The zero-order chi connectivity index (χ0) is 10.2. The average Bonchev–Trinajstić information content (AvgIpc) is 2.28. The topological polar surface area (TPSA) is 17.8 Å².